The van der Waals surface area contributed by atoms with E-state index >= 15 is 0 Å². The summed E-state index contributed by atoms with van der Waals surface area (Å²) in [6.45, 7) is 4.43. The summed E-state index contributed by atoms with van der Waals surface area (Å²) in [5.41, 5.74) is 3.88. The number of aryl methyl sites for hydroxylation is 1. The highest BCUT2D eigenvalue weighted by atomic mass is 16.5. The summed E-state index contributed by atoms with van der Waals surface area (Å²) in [5.74, 6) is 2.57. The molecule has 1 saturated carbocycles. The van der Waals surface area contributed by atoms with Gasteiger partial charge >= 0.3 is 0 Å². The van der Waals surface area contributed by atoms with E-state index in [-0.39, 0.29) is 0 Å². The Bertz CT molecular complexity index is 946. The molecule has 0 spiro atoms. The van der Waals surface area contributed by atoms with E-state index in [1.165, 1.54) is 42.4 Å². The van der Waals surface area contributed by atoms with Gasteiger partial charge in [-0.3, -0.25) is 0 Å². The highest BCUT2D eigenvalue weighted by molar-refractivity contribution is 5.30. The van der Waals surface area contributed by atoms with E-state index < -0.39 is 0 Å². The van der Waals surface area contributed by atoms with Gasteiger partial charge in [-0.2, -0.15) is 0 Å². The molecule has 3 nitrogen and oxygen atoms in total. The second-order valence-corrected chi connectivity index (χ2v) is 8.99. The Balaban J connectivity index is 1.19. The molecule has 3 heteroatoms. The smallest absolute Gasteiger partial charge is 0.119 e. The van der Waals surface area contributed by atoms with Crippen LogP contribution in [-0.4, -0.2) is 31.1 Å². The number of nitrogens with zero attached hydrogens (tertiary/aromatic N) is 1. The van der Waals surface area contributed by atoms with Crippen LogP contribution in [0.1, 0.15) is 48.3 Å². The molecule has 0 aliphatic heterocycles. The van der Waals surface area contributed by atoms with Gasteiger partial charge < -0.3 is 14.4 Å². The molecule has 168 valence electrons. The molecule has 1 aliphatic rings. The molecule has 4 rings (SSSR count). The first kappa shape index (κ1) is 22.4. The van der Waals surface area contributed by atoms with E-state index in [0.717, 1.165) is 24.7 Å². The molecule has 0 bridgehead atoms. The van der Waals surface area contributed by atoms with Crippen LogP contribution in [0.15, 0.2) is 78.9 Å². The normalized spacial score (nSPS) is 18.5. The SMILES string of the molecule is Cc1cccc(OCCN(C)C2CCC(c3ccc(OCc4ccccc4)cc3)CC2)c1. The van der Waals surface area contributed by atoms with Crippen molar-refractivity contribution < 1.29 is 9.47 Å². The van der Waals surface area contributed by atoms with Crippen LogP contribution < -0.4 is 9.47 Å². The average molecular weight is 430 g/mol. The minimum Gasteiger partial charge on any atom is -0.492 e. The third-order valence-electron chi connectivity index (χ3n) is 6.62. The van der Waals surface area contributed by atoms with Crippen molar-refractivity contribution in [1.29, 1.82) is 0 Å². The number of benzene rings is 3. The number of likely N-dealkylation sites (N-methyl/N-ethyl adjacent to an activating group) is 1. The van der Waals surface area contributed by atoms with E-state index in [2.05, 4.69) is 73.5 Å². The van der Waals surface area contributed by atoms with Crippen LogP contribution in [-0.2, 0) is 6.61 Å². The summed E-state index contributed by atoms with van der Waals surface area (Å²) in [7, 11) is 2.24. The fourth-order valence-corrected chi connectivity index (χ4v) is 4.62. The van der Waals surface area contributed by atoms with Gasteiger partial charge in [0.25, 0.3) is 0 Å². The second kappa shape index (κ2) is 11.2. The van der Waals surface area contributed by atoms with Gasteiger partial charge in [0.05, 0.1) is 0 Å². The zero-order valence-electron chi connectivity index (χ0n) is 19.4. The molecule has 3 aromatic rings. The molecular weight excluding hydrogens is 394 g/mol. The minimum atomic E-state index is 0.616. The van der Waals surface area contributed by atoms with Crippen molar-refractivity contribution in [2.75, 3.05) is 20.2 Å². The van der Waals surface area contributed by atoms with Gasteiger partial charge in [0.2, 0.25) is 0 Å². The van der Waals surface area contributed by atoms with Crippen LogP contribution in [0.25, 0.3) is 0 Å². The second-order valence-electron chi connectivity index (χ2n) is 8.99. The van der Waals surface area contributed by atoms with Crippen LogP contribution in [0.4, 0.5) is 0 Å². The summed E-state index contributed by atoms with van der Waals surface area (Å²) >= 11 is 0. The zero-order chi connectivity index (χ0) is 22.2. The molecule has 0 saturated heterocycles. The topological polar surface area (TPSA) is 21.7 Å². The van der Waals surface area contributed by atoms with Gasteiger partial charge in [0.1, 0.15) is 24.7 Å². The highest BCUT2D eigenvalue weighted by Crippen LogP contribution is 2.35. The molecule has 1 fully saturated rings. The summed E-state index contributed by atoms with van der Waals surface area (Å²) in [5, 5.41) is 0. The summed E-state index contributed by atoms with van der Waals surface area (Å²) in [6, 6.07) is 28.0. The first-order chi connectivity index (χ1) is 15.7. The van der Waals surface area contributed by atoms with Gasteiger partial charge in [0, 0.05) is 12.6 Å². The Morgan fingerprint density at radius 3 is 2.25 bits per heavy atom. The van der Waals surface area contributed by atoms with Crippen LogP contribution in [0.2, 0.25) is 0 Å². The molecule has 0 atom stereocenters. The standard InChI is InChI=1S/C29H35NO2/c1-23-7-6-10-29(21-23)31-20-19-30(2)27-15-11-25(12-16-27)26-13-17-28(18-14-26)32-22-24-8-4-3-5-9-24/h3-10,13-14,17-18,21,25,27H,11-12,15-16,19-20,22H2,1-2H3. The van der Waals surface area contributed by atoms with Gasteiger partial charge in [-0.15, -0.1) is 0 Å². The monoisotopic (exact) mass is 429 g/mol. The molecule has 0 amide bonds. The lowest BCUT2D eigenvalue weighted by molar-refractivity contribution is 0.154. The summed E-state index contributed by atoms with van der Waals surface area (Å²) in [4.78, 5) is 2.48. The molecule has 32 heavy (non-hydrogen) atoms. The van der Waals surface area contributed by atoms with Crippen molar-refractivity contribution in [1.82, 2.24) is 4.90 Å². The Labute approximate surface area is 193 Å². The van der Waals surface area contributed by atoms with Gasteiger partial charge in [-0.1, -0.05) is 54.6 Å². The predicted octanol–water partition coefficient (Wildman–Crippen LogP) is 6.61. The lowest BCUT2D eigenvalue weighted by atomic mass is 9.81. The molecule has 0 unspecified atom stereocenters. The quantitative estimate of drug-likeness (QED) is 0.382. The van der Waals surface area contributed by atoms with E-state index in [9.17, 15) is 0 Å². The molecule has 0 N–H and O–H groups in total. The van der Waals surface area contributed by atoms with Gasteiger partial charge in [-0.05, 0) is 86.5 Å². The third-order valence-corrected chi connectivity index (χ3v) is 6.62. The summed E-state index contributed by atoms with van der Waals surface area (Å²) in [6.07, 6.45) is 4.99. The molecular formula is C29H35NO2. The molecule has 1 aliphatic carbocycles. The first-order valence-electron chi connectivity index (χ1n) is 11.8. The Morgan fingerprint density at radius 1 is 0.781 bits per heavy atom. The third kappa shape index (κ3) is 6.37. The summed E-state index contributed by atoms with van der Waals surface area (Å²) < 4.78 is 11.9. The maximum absolute atomic E-state index is 5.94. The van der Waals surface area contributed by atoms with Crippen molar-refractivity contribution in [3.63, 3.8) is 0 Å². The van der Waals surface area contributed by atoms with E-state index in [1.807, 2.05) is 24.3 Å². The first-order valence-corrected chi connectivity index (χ1v) is 11.8. The zero-order valence-corrected chi connectivity index (χ0v) is 19.4. The van der Waals surface area contributed by atoms with Crippen LogP contribution in [0.3, 0.4) is 0 Å². The van der Waals surface area contributed by atoms with Crippen LogP contribution in [0, 0.1) is 6.92 Å². The minimum absolute atomic E-state index is 0.616. The van der Waals surface area contributed by atoms with Crippen molar-refractivity contribution >= 4 is 0 Å². The molecule has 0 radical (unpaired) electrons. The van der Waals surface area contributed by atoms with Crippen molar-refractivity contribution in [3.8, 4) is 11.5 Å². The lowest BCUT2D eigenvalue weighted by Crippen LogP contribution is -2.37. The largest absolute Gasteiger partial charge is 0.492 e. The predicted molar refractivity (Wildman–Crippen MR) is 132 cm³/mol. The Morgan fingerprint density at radius 2 is 1.53 bits per heavy atom. The van der Waals surface area contributed by atoms with Crippen molar-refractivity contribution in [3.05, 3.63) is 95.6 Å². The fraction of sp³-hybridized carbons (Fsp3) is 0.379. The maximum atomic E-state index is 5.94. The van der Waals surface area contributed by atoms with E-state index in [1.54, 1.807) is 0 Å². The van der Waals surface area contributed by atoms with Crippen molar-refractivity contribution in [2.24, 2.45) is 0 Å². The van der Waals surface area contributed by atoms with Crippen molar-refractivity contribution in [2.45, 2.75) is 51.2 Å². The fourth-order valence-electron chi connectivity index (χ4n) is 4.62. The molecule has 3 aromatic carbocycles. The van der Waals surface area contributed by atoms with Crippen LogP contribution >= 0.6 is 0 Å². The number of ether oxygens (including phenoxy) is 2. The maximum Gasteiger partial charge on any atom is 0.119 e. The Kier molecular flexibility index (Phi) is 7.84. The lowest BCUT2D eigenvalue weighted by Gasteiger charge is -2.35. The van der Waals surface area contributed by atoms with Gasteiger partial charge in [0.15, 0.2) is 0 Å². The van der Waals surface area contributed by atoms with E-state index in [0.29, 0.717) is 18.6 Å². The molecule has 0 aromatic heterocycles. The average Bonchev–Trinajstić information content (AvgIpc) is 2.84. The van der Waals surface area contributed by atoms with E-state index in [4.69, 9.17) is 9.47 Å². The number of hydrogen-bond donors (Lipinski definition) is 0. The van der Waals surface area contributed by atoms with Gasteiger partial charge in [-0.25, -0.2) is 0 Å². The molecule has 0 heterocycles. The number of rotatable bonds is 9. The highest BCUT2D eigenvalue weighted by Gasteiger charge is 2.24. The van der Waals surface area contributed by atoms with Crippen LogP contribution in [0.5, 0.6) is 11.5 Å². The Hall–Kier alpha value is -2.78. The number of hydrogen-bond acceptors (Lipinski definition) is 3.